The predicted molar refractivity (Wildman–Crippen MR) is 118 cm³/mol. The molecule has 0 saturated carbocycles. The summed E-state index contributed by atoms with van der Waals surface area (Å²) < 4.78 is 72.6. The maximum atomic E-state index is 13.4. The van der Waals surface area contributed by atoms with Crippen LogP contribution in [0.2, 0.25) is 0 Å². The third kappa shape index (κ3) is 4.59. The predicted octanol–water partition coefficient (Wildman–Crippen LogP) is 2.43. The fourth-order valence-electron chi connectivity index (χ4n) is 3.52. The summed E-state index contributed by atoms with van der Waals surface area (Å²) in [4.78, 5) is 39.1. The Balaban J connectivity index is 2.15. The molecule has 1 N–H and O–H groups in total. The van der Waals surface area contributed by atoms with Gasteiger partial charge in [-0.1, -0.05) is 12.1 Å². The Morgan fingerprint density at radius 1 is 1.22 bits per heavy atom. The number of benzene rings is 2. The van der Waals surface area contributed by atoms with Gasteiger partial charge < -0.3 is 14.8 Å². The number of fused-ring (bicyclic) bond motifs is 1. The van der Waals surface area contributed by atoms with E-state index in [2.05, 4.69) is 5.32 Å². The highest BCUT2D eigenvalue weighted by Gasteiger charge is 2.43. The molecule has 0 saturated heterocycles. The van der Waals surface area contributed by atoms with Gasteiger partial charge in [-0.2, -0.15) is 0 Å². The number of ether oxygens (including phenoxy) is 2. The molecule has 3 rings (SSSR count). The van der Waals surface area contributed by atoms with Crippen LogP contribution in [-0.4, -0.2) is 56.7 Å². The second kappa shape index (κ2) is 8.99. The molecule has 9 nitrogen and oxygen atoms in total. The largest absolute Gasteiger partial charge is 0.493 e. The topological polar surface area (TPSA) is 119 Å². The van der Waals surface area contributed by atoms with Gasteiger partial charge >= 0.3 is 0 Å². The summed E-state index contributed by atoms with van der Waals surface area (Å²) in [6.45, 7) is -5.10. The van der Waals surface area contributed by atoms with E-state index < -0.39 is 52.8 Å². The van der Waals surface area contributed by atoms with Gasteiger partial charge in [-0.25, -0.2) is 8.42 Å². The highest BCUT2D eigenvalue weighted by molar-refractivity contribution is 7.90. The smallest absolute Gasteiger partial charge is 0.264 e. The van der Waals surface area contributed by atoms with E-state index in [4.69, 9.17) is 16.3 Å². The van der Waals surface area contributed by atoms with Crippen LogP contribution in [0, 0.1) is 0 Å². The highest BCUT2D eigenvalue weighted by atomic mass is 32.2. The molecule has 3 amide bonds. The number of nitrogens with zero attached hydrogens (tertiary/aromatic N) is 1. The number of carbonyl (C=O) groups excluding carboxylic acids is 3. The minimum Gasteiger partial charge on any atom is -0.493 e. The Morgan fingerprint density at radius 3 is 2.59 bits per heavy atom. The van der Waals surface area contributed by atoms with E-state index in [9.17, 15) is 22.8 Å². The molecule has 1 heterocycles. The molecule has 0 bridgehead atoms. The average molecular weight is 466 g/mol. The SMILES string of the molecule is [2H]C([2H])([2H])C([2H])([2H])Oc1cc([C@@H](CS(C)(=O)=O)N2C(=O)c3cccc(NC(C)=O)c3C2=O)ccc1OC. The number of amides is 3. The zero-order chi connectivity index (χ0) is 27.9. The number of carbonyl (C=O) groups is 3. The molecule has 10 heteroatoms. The third-order valence-corrected chi connectivity index (χ3v) is 5.68. The lowest BCUT2D eigenvalue weighted by Gasteiger charge is -2.27. The number of rotatable bonds is 8. The molecular weight excluding hydrogens is 436 g/mol. The number of nitrogens with one attached hydrogen (secondary N) is 1. The standard InChI is InChI=1S/C22H24N2O7S/c1-5-31-19-11-14(9-10-18(19)30-3)17(12-32(4,28)29)24-21(26)15-7-6-8-16(23-13(2)25)20(15)22(24)27/h6-11,17H,5,12H2,1-4H3,(H,23,25)/t17-/m1/s1/i1D3,5D2. The van der Waals surface area contributed by atoms with Gasteiger partial charge in [-0.15, -0.1) is 0 Å². The van der Waals surface area contributed by atoms with E-state index in [1.807, 2.05) is 0 Å². The van der Waals surface area contributed by atoms with Crippen LogP contribution in [0.1, 0.15) is 53.0 Å². The third-order valence-electron chi connectivity index (χ3n) is 4.76. The van der Waals surface area contributed by atoms with Gasteiger partial charge in [0.25, 0.3) is 11.8 Å². The molecule has 0 unspecified atom stereocenters. The molecule has 0 radical (unpaired) electrons. The molecule has 0 aliphatic carbocycles. The maximum Gasteiger partial charge on any atom is 0.264 e. The number of hydrogen-bond acceptors (Lipinski definition) is 7. The van der Waals surface area contributed by atoms with Gasteiger partial charge in [0.15, 0.2) is 11.5 Å². The van der Waals surface area contributed by atoms with Crippen molar-refractivity contribution >= 4 is 33.2 Å². The summed E-state index contributed by atoms with van der Waals surface area (Å²) in [7, 11) is -2.58. The first kappa shape index (κ1) is 17.2. The van der Waals surface area contributed by atoms with Crippen molar-refractivity contribution in [1.29, 1.82) is 0 Å². The Labute approximate surface area is 193 Å². The highest BCUT2D eigenvalue weighted by Crippen LogP contribution is 2.38. The molecule has 2 aromatic rings. The first-order valence-corrected chi connectivity index (χ1v) is 11.4. The quantitative estimate of drug-likeness (QED) is 0.595. The summed E-state index contributed by atoms with van der Waals surface area (Å²) in [5, 5.41) is 2.48. The van der Waals surface area contributed by atoms with Crippen molar-refractivity contribution in [1.82, 2.24) is 4.90 Å². The van der Waals surface area contributed by atoms with Crippen LogP contribution < -0.4 is 14.8 Å². The Morgan fingerprint density at radius 2 is 1.97 bits per heavy atom. The zero-order valence-corrected chi connectivity index (χ0v) is 18.3. The molecule has 1 aliphatic heterocycles. The molecule has 32 heavy (non-hydrogen) atoms. The molecule has 0 aromatic heterocycles. The normalized spacial score (nSPS) is 17.3. The maximum absolute atomic E-state index is 13.4. The first-order valence-electron chi connectivity index (χ1n) is 11.8. The first-order chi connectivity index (χ1) is 17.0. The average Bonchev–Trinajstić information content (AvgIpc) is 3.01. The van der Waals surface area contributed by atoms with Crippen LogP contribution in [0.3, 0.4) is 0 Å². The van der Waals surface area contributed by atoms with Crippen LogP contribution in [0.25, 0.3) is 0 Å². The summed E-state index contributed by atoms with van der Waals surface area (Å²) in [6, 6.07) is 6.60. The summed E-state index contributed by atoms with van der Waals surface area (Å²) in [5.74, 6) is -3.29. The van der Waals surface area contributed by atoms with Crippen LogP contribution in [0.4, 0.5) is 5.69 Å². The van der Waals surface area contributed by atoms with E-state index in [1.54, 1.807) is 0 Å². The fraction of sp³-hybridized carbons (Fsp3) is 0.318. The minimum atomic E-state index is -3.81. The van der Waals surface area contributed by atoms with E-state index in [1.165, 1.54) is 44.4 Å². The molecule has 0 fully saturated rings. The molecule has 1 aliphatic rings. The lowest BCUT2D eigenvalue weighted by atomic mass is 10.1. The minimum absolute atomic E-state index is 0.0400. The van der Waals surface area contributed by atoms with Crippen molar-refractivity contribution in [3.8, 4) is 11.5 Å². The number of imide groups is 1. The number of methoxy groups -OCH3 is 1. The van der Waals surface area contributed by atoms with E-state index >= 15 is 0 Å². The summed E-state index contributed by atoms with van der Waals surface area (Å²) >= 11 is 0. The number of anilines is 1. The Bertz CT molecular complexity index is 1380. The van der Waals surface area contributed by atoms with Gasteiger partial charge in [-0.3, -0.25) is 19.3 Å². The Kier molecular flexibility index (Phi) is 4.83. The molecular formula is C22H24N2O7S. The van der Waals surface area contributed by atoms with E-state index in [0.29, 0.717) is 0 Å². The van der Waals surface area contributed by atoms with Gasteiger partial charge in [0.2, 0.25) is 5.91 Å². The van der Waals surface area contributed by atoms with Gasteiger partial charge in [-0.05, 0) is 36.7 Å². The van der Waals surface area contributed by atoms with Gasteiger partial charge in [0.1, 0.15) is 9.84 Å². The van der Waals surface area contributed by atoms with Crippen molar-refractivity contribution in [3.05, 3.63) is 53.1 Å². The molecule has 1 atom stereocenters. The van der Waals surface area contributed by atoms with Gasteiger partial charge in [0, 0.05) is 17.3 Å². The second-order valence-electron chi connectivity index (χ2n) is 7.11. The van der Waals surface area contributed by atoms with E-state index in [-0.39, 0.29) is 33.9 Å². The van der Waals surface area contributed by atoms with Crippen molar-refractivity contribution in [2.45, 2.75) is 19.8 Å². The number of hydrogen-bond donors (Lipinski definition) is 1. The number of sulfone groups is 1. The van der Waals surface area contributed by atoms with Crippen LogP contribution in [-0.2, 0) is 14.6 Å². The Hall–Kier alpha value is -3.40. The van der Waals surface area contributed by atoms with Crippen LogP contribution in [0.15, 0.2) is 36.4 Å². The van der Waals surface area contributed by atoms with E-state index in [0.717, 1.165) is 17.2 Å². The van der Waals surface area contributed by atoms with Crippen molar-refractivity contribution in [2.75, 3.05) is 31.0 Å². The lowest BCUT2D eigenvalue weighted by Crippen LogP contribution is -2.37. The summed E-state index contributed by atoms with van der Waals surface area (Å²) in [6.07, 6.45) is 0.912. The second-order valence-corrected chi connectivity index (χ2v) is 9.30. The molecule has 170 valence electrons. The van der Waals surface area contributed by atoms with Crippen LogP contribution >= 0.6 is 0 Å². The van der Waals surface area contributed by atoms with Crippen molar-refractivity contribution in [3.63, 3.8) is 0 Å². The van der Waals surface area contributed by atoms with Crippen LogP contribution in [0.5, 0.6) is 11.5 Å². The molecule has 2 aromatic carbocycles. The molecule has 0 spiro atoms. The van der Waals surface area contributed by atoms with Gasteiger partial charge in [0.05, 0.1) is 45.0 Å². The lowest BCUT2D eigenvalue weighted by molar-refractivity contribution is -0.114. The monoisotopic (exact) mass is 465 g/mol. The fourth-order valence-corrected chi connectivity index (χ4v) is 4.44. The summed E-state index contributed by atoms with van der Waals surface area (Å²) in [5.41, 5.74) is -0.0323. The zero-order valence-electron chi connectivity index (χ0n) is 22.5. The van der Waals surface area contributed by atoms with Crippen molar-refractivity contribution < 1.29 is 39.1 Å². The van der Waals surface area contributed by atoms with Crippen molar-refractivity contribution in [2.24, 2.45) is 0 Å².